The first kappa shape index (κ1) is 89.8. The molecule has 0 aliphatic carbocycles. The quantitative estimate of drug-likeness (QED) is 0.457. The van der Waals surface area contributed by atoms with Crippen molar-refractivity contribution in [2.24, 2.45) is 0 Å². The summed E-state index contributed by atoms with van der Waals surface area (Å²) in [7, 11) is 0. The average Bonchev–Trinajstić information content (AvgIpc) is 2.42. The standard InChI is InChI=1S/CHCl3.6CHN.Fe.K.H3N.H2O.H/c2-1(3)4;6*1-2;;;;;/h1H;6*1H;;;1H3;1H2;. The van der Waals surface area contributed by atoms with Crippen LogP contribution in [0.25, 0.3) is 0 Å². The van der Waals surface area contributed by atoms with Gasteiger partial charge in [0, 0.05) is 56.5 Å². The Morgan fingerprint density at radius 2 is 0.550 bits per heavy atom. The average molecular weight is 413 g/mol. The van der Waals surface area contributed by atoms with E-state index in [2.05, 4.69) is 39.4 Å². The molecular formula is C7H13Cl3FeKN7O. The van der Waals surface area contributed by atoms with E-state index in [1.807, 2.05) is 0 Å². The van der Waals surface area contributed by atoms with Gasteiger partial charge in [0.25, 0.3) is 0 Å². The molecule has 0 heterocycles. The van der Waals surface area contributed by atoms with Crippen LogP contribution in [0.3, 0.4) is 0 Å². The third kappa shape index (κ3) is 391000. The van der Waals surface area contributed by atoms with Gasteiger partial charge in [0.1, 0.15) is 0 Å². The molecule has 13 heteroatoms. The van der Waals surface area contributed by atoms with Crippen molar-refractivity contribution in [3.05, 3.63) is 0 Å². The molecule has 0 saturated heterocycles. The Morgan fingerprint density at radius 1 is 0.550 bits per heavy atom. The fraction of sp³-hybridized carbons (Fsp3) is 0.143. The molecule has 0 bridgehead atoms. The van der Waals surface area contributed by atoms with Crippen molar-refractivity contribution < 1.29 is 22.5 Å². The first-order valence-electron chi connectivity index (χ1n) is 2.20. The number of rotatable bonds is 0. The van der Waals surface area contributed by atoms with Gasteiger partial charge < -0.3 is 11.6 Å². The van der Waals surface area contributed by atoms with Crippen molar-refractivity contribution in [3.8, 4) is 39.4 Å². The normalized spacial score (nSPS) is 2.40. The van der Waals surface area contributed by atoms with Crippen LogP contribution >= 0.6 is 34.8 Å². The van der Waals surface area contributed by atoms with E-state index >= 15 is 0 Å². The number of hydrogen-bond acceptors (Lipinski definition) is 7. The van der Waals surface area contributed by atoms with E-state index < -0.39 is 4.30 Å². The minimum atomic E-state index is -0.750. The Morgan fingerprint density at radius 3 is 0.550 bits per heavy atom. The summed E-state index contributed by atoms with van der Waals surface area (Å²) < 4.78 is -0.750. The molecule has 0 atom stereocenters. The van der Waals surface area contributed by atoms with Gasteiger partial charge in [-0.05, 0) is 0 Å². The Balaban J connectivity index is -0.00000000521. The molecule has 0 unspecified atom stereocenters. The molecular weight excluding hydrogens is 399 g/mol. The number of hydrogen-bond donors (Lipinski definition) is 1. The molecule has 0 fully saturated rings. The zero-order valence-corrected chi connectivity index (χ0v) is 12.8. The van der Waals surface area contributed by atoms with Gasteiger partial charge in [0.15, 0.2) is 4.30 Å². The summed E-state index contributed by atoms with van der Waals surface area (Å²) in [5, 5.41) is 39.0. The van der Waals surface area contributed by atoms with Crippen LogP contribution in [0.15, 0.2) is 0 Å². The molecule has 8 nitrogen and oxygen atoms in total. The van der Waals surface area contributed by atoms with Crippen molar-refractivity contribution in [1.29, 1.82) is 31.6 Å². The molecule has 0 amide bonds. The van der Waals surface area contributed by atoms with Gasteiger partial charge in [0.05, 0.1) is 0 Å². The molecule has 112 valence electrons. The molecule has 0 aromatic heterocycles. The van der Waals surface area contributed by atoms with Gasteiger partial charge in [0.2, 0.25) is 0 Å². The van der Waals surface area contributed by atoms with E-state index in [4.69, 9.17) is 66.4 Å². The fourth-order valence-electron chi connectivity index (χ4n) is 0. The molecule has 20 heavy (non-hydrogen) atoms. The maximum atomic E-state index is 6.50. The van der Waals surface area contributed by atoms with Gasteiger partial charge in [-0.1, -0.05) is 34.8 Å². The van der Waals surface area contributed by atoms with Gasteiger partial charge in [-0.25, -0.2) is 31.6 Å². The van der Waals surface area contributed by atoms with Gasteiger partial charge in [-0.15, -0.1) is 0 Å². The van der Waals surface area contributed by atoms with Gasteiger partial charge in [-0.3, -0.25) is 0 Å². The summed E-state index contributed by atoms with van der Waals surface area (Å²) in [6.45, 7) is 21.0. The molecule has 0 radical (unpaired) electrons. The molecule has 0 spiro atoms. The van der Waals surface area contributed by atoms with Crippen molar-refractivity contribution in [2.75, 3.05) is 0 Å². The third-order valence-corrected chi connectivity index (χ3v) is 0. The molecule has 0 aromatic carbocycles. The van der Waals surface area contributed by atoms with Crippen LogP contribution in [0, 0.1) is 71.0 Å². The Labute approximate surface area is 187 Å². The van der Waals surface area contributed by atoms with E-state index in [9.17, 15) is 0 Å². The molecule has 0 aliphatic heterocycles. The molecule has 5 N–H and O–H groups in total. The van der Waals surface area contributed by atoms with Crippen LogP contribution in [0.1, 0.15) is 0 Å². The summed E-state index contributed by atoms with van der Waals surface area (Å²) in [6.07, 6.45) is 0. The Kier molecular flexibility index (Phi) is 3260. The Hall–Kier alpha value is -0.114. The van der Waals surface area contributed by atoms with E-state index in [0.717, 1.165) is 0 Å². The SMILES string of the molecule is C#N.C#N.C#N.C#N.C#N.C#N.ClC(Cl)Cl.N.O.[Fe].[KH]. The molecule has 0 saturated carbocycles. The van der Waals surface area contributed by atoms with Gasteiger partial charge in [-0.2, -0.15) is 0 Å². The zero-order chi connectivity index (χ0) is 15.6. The summed E-state index contributed by atoms with van der Waals surface area (Å²) in [5.41, 5.74) is 0. The van der Waals surface area contributed by atoms with Crippen molar-refractivity contribution in [3.63, 3.8) is 0 Å². The van der Waals surface area contributed by atoms with Crippen LogP contribution in [0.5, 0.6) is 0 Å². The summed E-state index contributed by atoms with van der Waals surface area (Å²) >= 11 is 14.4. The van der Waals surface area contributed by atoms with Gasteiger partial charge >= 0.3 is 51.4 Å². The monoisotopic (exact) mass is 411 g/mol. The number of nitrogens with zero attached hydrogens (tertiary/aromatic N) is 6. The number of alkyl halides is 3. The summed E-state index contributed by atoms with van der Waals surface area (Å²) in [5.74, 6) is 0. The Bertz CT molecular complexity index is 147. The van der Waals surface area contributed by atoms with E-state index in [-0.39, 0.29) is 80.1 Å². The van der Waals surface area contributed by atoms with Crippen LogP contribution < -0.4 is 6.15 Å². The second-order valence-electron chi connectivity index (χ2n) is 0.247. The van der Waals surface area contributed by atoms with E-state index in [1.165, 1.54) is 0 Å². The summed E-state index contributed by atoms with van der Waals surface area (Å²) in [6, 6.07) is 0. The molecule has 0 aromatic rings. The van der Waals surface area contributed by atoms with Crippen LogP contribution in [-0.2, 0) is 17.1 Å². The van der Waals surface area contributed by atoms with Crippen molar-refractivity contribution >= 4 is 86.2 Å². The second kappa shape index (κ2) is 725. The van der Waals surface area contributed by atoms with E-state index in [1.54, 1.807) is 0 Å². The summed E-state index contributed by atoms with van der Waals surface area (Å²) in [4.78, 5) is 0. The van der Waals surface area contributed by atoms with Crippen molar-refractivity contribution in [2.45, 2.75) is 4.30 Å². The molecule has 0 aliphatic rings. The van der Waals surface area contributed by atoms with Crippen LogP contribution in [0.2, 0.25) is 0 Å². The third-order valence-electron chi connectivity index (χ3n) is 0. The number of halogens is 3. The molecule has 0 rings (SSSR count). The first-order chi connectivity index (χ1) is 7.73. The predicted molar refractivity (Wildman–Crippen MR) is 77.2 cm³/mol. The predicted octanol–water partition coefficient (Wildman–Crippen LogP) is 1.51. The minimum absolute atomic E-state index is 0. The number of nitriles is 6. The topological polar surface area (TPSA) is 209 Å². The second-order valence-corrected chi connectivity index (χ2v) is 2.23. The van der Waals surface area contributed by atoms with Crippen LogP contribution in [-0.4, -0.2) is 61.2 Å². The maximum absolute atomic E-state index is 6.50. The zero-order valence-electron chi connectivity index (χ0n) is 9.42. The van der Waals surface area contributed by atoms with Crippen molar-refractivity contribution in [1.82, 2.24) is 6.15 Å². The van der Waals surface area contributed by atoms with E-state index in [0.29, 0.717) is 0 Å². The first-order valence-corrected chi connectivity index (χ1v) is 3.51. The van der Waals surface area contributed by atoms with Crippen LogP contribution in [0.4, 0.5) is 0 Å². The fourth-order valence-corrected chi connectivity index (χ4v) is 0.